The van der Waals surface area contributed by atoms with Crippen molar-refractivity contribution in [2.45, 2.75) is 39.8 Å². The van der Waals surface area contributed by atoms with Crippen LogP contribution in [0.4, 0.5) is 5.95 Å². The van der Waals surface area contributed by atoms with Crippen molar-refractivity contribution < 1.29 is 9.53 Å². The van der Waals surface area contributed by atoms with Gasteiger partial charge in [0.25, 0.3) is 5.56 Å². The molecular weight excluding hydrogens is 412 g/mol. The van der Waals surface area contributed by atoms with Gasteiger partial charge in [-0.3, -0.25) is 14.2 Å². The van der Waals surface area contributed by atoms with E-state index < -0.39 is 0 Å². The molecule has 1 fully saturated rings. The number of piperidine rings is 1. The number of benzene rings is 1. The summed E-state index contributed by atoms with van der Waals surface area (Å²) in [5, 5.41) is 9.49. The molecule has 7 nitrogen and oxygen atoms in total. The van der Waals surface area contributed by atoms with Crippen LogP contribution in [0.25, 0.3) is 10.2 Å². The first kappa shape index (κ1) is 21.1. The van der Waals surface area contributed by atoms with Gasteiger partial charge in [0.2, 0.25) is 5.95 Å². The highest BCUT2D eigenvalue weighted by atomic mass is 32.1. The Balaban J connectivity index is 1.83. The quantitative estimate of drug-likeness (QED) is 0.567. The molecule has 0 aliphatic carbocycles. The van der Waals surface area contributed by atoms with Gasteiger partial charge in [-0.15, -0.1) is 11.3 Å². The monoisotopic (exact) mass is 436 g/mol. The Morgan fingerprint density at radius 3 is 2.94 bits per heavy atom. The lowest BCUT2D eigenvalue weighted by atomic mass is 10.0. The maximum atomic E-state index is 13.5. The summed E-state index contributed by atoms with van der Waals surface area (Å²) in [5.41, 5.74) is 1.82. The van der Waals surface area contributed by atoms with E-state index in [1.54, 1.807) is 10.6 Å². The fourth-order valence-electron chi connectivity index (χ4n) is 3.99. The van der Waals surface area contributed by atoms with Gasteiger partial charge in [0.1, 0.15) is 11.3 Å². The lowest BCUT2D eigenvalue weighted by Crippen LogP contribution is -2.39. The third-order valence-corrected chi connectivity index (χ3v) is 6.57. The third kappa shape index (κ3) is 4.47. The van der Waals surface area contributed by atoms with Gasteiger partial charge < -0.3 is 9.64 Å². The minimum Gasteiger partial charge on any atom is -0.460 e. The molecule has 0 spiro atoms. The molecule has 1 aliphatic rings. The van der Waals surface area contributed by atoms with Crippen LogP contribution in [0.15, 0.2) is 35.1 Å². The lowest BCUT2D eigenvalue weighted by Gasteiger charge is -2.33. The number of esters is 1. The predicted octanol–water partition coefficient (Wildman–Crippen LogP) is 3.68. The van der Waals surface area contributed by atoms with Crippen molar-refractivity contribution in [1.82, 2.24) is 9.55 Å². The first-order valence-electron chi connectivity index (χ1n) is 10.4. The second-order valence-electron chi connectivity index (χ2n) is 7.97. The highest BCUT2D eigenvalue weighted by Crippen LogP contribution is 2.27. The Morgan fingerprint density at radius 1 is 1.39 bits per heavy atom. The number of aromatic nitrogens is 2. The van der Waals surface area contributed by atoms with Crippen molar-refractivity contribution in [3.8, 4) is 6.07 Å². The van der Waals surface area contributed by atoms with E-state index in [2.05, 4.69) is 17.9 Å². The third-order valence-electron chi connectivity index (χ3n) is 5.49. The Kier molecular flexibility index (Phi) is 6.05. The molecule has 1 saturated heterocycles. The van der Waals surface area contributed by atoms with E-state index in [1.807, 2.05) is 24.3 Å². The molecule has 0 radical (unpaired) electrons. The van der Waals surface area contributed by atoms with Crippen LogP contribution in [0, 0.1) is 17.2 Å². The Labute approximate surface area is 184 Å². The molecule has 1 aromatic carbocycles. The number of nitriles is 1. The number of carbonyl (C=O) groups is 1. The first-order chi connectivity index (χ1) is 15.0. The van der Waals surface area contributed by atoms with Gasteiger partial charge >= 0.3 is 5.97 Å². The van der Waals surface area contributed by atoms with Crippen LogP contribution < -0.4 is 10.5 Å². The van der Waals surface area contributed by atoms with E-state index in [0.29, 0.717) is 27.6 Å². The number of thiophene rings is 1. The van der Waals surface area contributed by atoms with Gasteiger partial charge in [-0.1, -0.05) is 25.1 Å². The van der Waals surface area contributed by atoms with E-state index in [1.165, 1.54) is 18.3 Å². The van der Waals surface area contributed by atoms with Gasteiger partial charge in [-0.05, 0) is 36.5 Å². The number of rotatable bonds is 5. The van der Waals surface area contributed by atoms with E-state index >= 15 is 0 Å². The largest absolute Gasteiger partial charge is 0.460 e. The van der Waals surface area contributed by atoms with Gasteiger partial charge in [-0.2, -0.15) is 5.26 Å². The summed E-state index contributed by atoms with van der Waals surface area (Å²) in [5.74, 6) is 0.788. The molecule has 3 heterocycles. The topological polar surface area (TPSA) is 88.2 Å². The van der Waals surface area contributed by atoms with Crippen molar-refractivity contribution in [2.75, 3.05) is 18.0 Å². The summed E-state index contributed by atoms with van der Waals surface area (Å²) in [4.78, 5) is 32.5. The van der Waals surface area contributed by atoms with Crippen LogP contribution in [0.2, 0.25) is 0 Å². The van der Waals surface area contributed by atoms with E-state index in [-0.39, 0.29) is 24.7 Å². The van der Waals surface area contributed by atoms with Crippen LogP contribution in [0.5, 0.6) is 0 Å². The van der Waals surface area contributed by atoms with Crippen LogP contribution in [-0.4, -0.2) is 28.6 Å². The minimum absolute atomic E-state index is 0.128. The highest BCUT2D eigenvalue weighted by molar-refractivity contribution is 7.18. The number of fused-ring (bicyclic) bond motifs is 1. The second-order valence-corrected chi connectivity index (χ2v) is 9.11. The smallest absolute Gasteiger partial charge is 0.302 e. The zero-order chi connectivity index (χ0) is 22.0. The Bertz CT molecular complexity index is 1220. The standard InChI is InChI=1S/C23H24N4O3S/c1-15-6-5-9-26(12-15)23-25-20-10-19(14-30-16(2)28)31-21(20)22(29)27(23)13-18-8-4-3-7-17(18)11-24/h3-4,7-8,10,15H,5-6,9,12-14H2,1-2H3. The molecule has 1 unspecified atom stereocenters. The molecule has 4 rings (SSSR count). The Hall–Kier alpha value is -3.18. The zero-order valence-corrected chi connectivity index (χ0v) is 18.4. The number of ether oxygens (including phenoxy) is 1. The van der Waals surface area contributed by atoms with E-state index in [0.717, 1.165) is 36.4 Å². The summed E-state index contributed by atoms with van der Waals surface area (Å²) in [6.07, 6.45) is 2.20. The molecule has 3 aromatic rings. The molecule has 1 atom stereocenters. The van der Waals surface area contributed by atoms with E-state index in [9.17, 15) is 14.9 Å². The summed E-state index contributed by atoms with van der Waals surface area (Å²) >= 11 is 1.30. The molecule has 31 heavy (non-hydrogen) atoms. The summed E-state index contributed by atoms with van der Waals surface area (Å²) in [7, 11) is 0. The predicted molar refractivity (Wildman–Crippen MR) is 120 cm³/mol. The molecule has 0 amide bonds. The molecular formula is C23H24N4O3S. The first-order valence-corrected chi connectivity index (χ1v) is 11.2. The van der Waals surface area contributed by atoms with Crippen molar-refractivity contribution >= 4 is 33.5 Å². The van der Waals surface area contributed by atoms with Crippen molar-refractivity contribution in [3.05, 3.63) is 56.7 Å². The molecule has 0 saturated carbocycles. The molecule has 0 N–H and O–H groups in total. The number of nitrogens with zero attached hydrogens (tertiary/aromatic N) is 4. The maximum absolute atomic E-state index is 13.5. The van der Waals surface area contributed by atoms with Crippen LogP contribution >= 0.6 is 11.3 Å². The SMILES string of the molecule is CC(=O)OCc1cc2nc(N3CCCC(C)C3)n(Cc3ccccc3C#N)c(=O)c2s1. The van der Waals surface area contributed by atoms with Crippen LogP contribution in [0.3, 0.4) is 0 Å². The average molecular weight is 437 g/mol. The van der Waals surface area contributed by atoms with Crippen LogP contribution in [0.1, 0.15) is 42.7 Å². The Morgan fingerprint density at radius 2 is 2.19 bits per heavy atom. The highest BCUT2D eigenvalue weighted by Gasteiger charge is 2.23. The minimum atomic E-state index is -0.362. The second kappa shape index (κ2) is 8.90. The molecule has 8 heteroatoms. The van der Waals surface area contributed by atoms with Gasteiger partial charge in [-0.25, -0.2) is 4.98 Å². The maximum Gasteiger partial charge on any atom is 0.302 e. The van der Waals surface area contributed by atoms with Crippen molar-refractivity contribution in [1.29, 1.82) is 5.26 Å². The lowest BCUT2D eigenvalue weighted by molar-refractivity contribution is -0.142. The fourth-order valence-corrected chi connectivity index (χ4v) is 4.94. The number of hydrogen-bond donors (Lipinski definition) is 0. The fraction of sp³-hybridized carbons (Fsp3) is 0.391. The van der Waals surface area contributed by atoms with Gasteiger partial charge in [0.15, 0.2) is 0 Å². The molecule has 1 aliphatic heterocycles. The average Bonchev–Trinajstić information content (AvgIpc) is 3.18. The van der Waals surface area contributed by atoms with E-state index in [4.69, 9.17) is 9.72 Å². The molecule has 2 aromatic heterocycles. The van der Waals surface area contributed by atoms with Gasteiger partial charge in [0.05, 0.1) is 23.7 Å². The van der Waals surface area contributed by atoms with Crippen molar-refractivity contribution in [2.24, 2.45) is 5.92 Å². The molecule has 160 valence electrons. The van der Waals surface area contributed by atoms with Crippen molar-refractivity contribution in [3.63, 3.8) is 0 Å². The molecule has 0 bridgehead atoms. The van der Waals surface area contributed by atoms with Gasteiger partial charge in [0, 0.05) is 24.9 Å². The number of hydrogen-bond acceptors (Lipinski definition) is 7. The van der Waals surface area contributed by atoms with Crippen LogP contribution in [-0.2, 0) is 22.7 Å². The number of anilines is 1. The summed E-state index contributed by atoms with van der Waals surface area (Å²) in [6, 6.07) is 11.4. The zero-order valence-electron chi connectivity index (χ0n) is 17.6. The normalized spacial score (nSPS) is 16.3. The number of carbonyl (C=O) groups excluding carboxylic acids is 1. The summed E-state index contributed by atoms with van der Waals surface area (Å²) in [6.45, 7) is 5.65. The summed E-state index contributed by atoms with van der Waals surface area (Å²) < 4.78 is 7.32.